The first kappa shape index (κ1) is 30.2. The van der Waals surface area contributed by atoms with Gasteiger partial charge in [-0.05, 0) is 62.4 Å². The Morgan fingerprint density at radius 3 is 2.38 bits per heavy atom. The van der Waals surface area contributed by atoms with E-state index in [-0.39, 0.29) is 6.54 Å². The van der Waals surface area contributed by atoms with E-state index >= 15 is 0 Å². The summed E-state index contributed by atoms with van der Waals surface area (Å²) in [6, 6.07) is 12.6. The fraction of sp³-hybridized carbons (Fsp3) is 0.500. The number of carboxylic acid groups (broad SMARTS) is 1. The van der Waals surface area contributed by atoms with E-state index in [4.69, 9.17) is 4.74 Å². The quantitative estimate of drug-likeness (QED) is 0.107. The highest BCUT2D eigenvalue weighted by molar-refractivity contribution is 5.81. The molecule has 0 aromatic heterocycles. The van der Waals surface area contributed by atoms with Gasteiger partial charge < -0.3 is 15.3 Å². The van der Waals surface area contributed by atoms with Crippen LogP contribution in [-0.4, -0.2) is 29.1 Å². The van der Waals surface area contributed by atoms with Crippen molar-refractivity contribution in [2.24, 2.45) is 4.99 Å². The maximum atomic E-state index is 13.0. The van der Waals surface area contributed by atoms with Crippen LogP contribution in [0.3, 0.4) is 0 Å². The summed E-state index contributed by atoms with van der Waals surface area (Å²) in [5.74, 6) is 0.227. The standard InChI is InChI=1S/C28H38F3N3O3/c1-4-5-6-7-18-32-25(34-33-20-22-11-8-12-23(19-22)28(29,30)31)13-9-10-21-14-16-24(17-15-21)37-27(2,3)26(35)36/h8,11-12,14-17,19,33H,4-7,9-10,13,18,20H2,1-3H3,(H,32,34)(H,35,36). The third-order valence-corrected chi connectivity index (χ3v) is 5.78. The highest BCUT2D eigenvalue weighted by atomic mass is 19.4. The summed E-state index contributed by atoms with van der Waals surface area (Å²) in [4.78, 5) is 15.9. The smallest absolute Gasteiger partial charge is 0.416 e. The molecule has 0 bridgehead atoms. The van der Waals surface area contributed by atoms with Crippen molar-refractivity contribution in [2.45, 2.75) is 84.0 Å². The Bertz CT molecular complexity index is 1010. The van der Waals surface area contributed by atoms with E-state index in [1.807, 2.05) is 12.1 Å². The average Bonchev–Trinajstić information content (AvgIpc) is 2.84. The Kier molecular flexibility index (Phi) is 11.9. The lowest BCUT2D eigenvalue weighted by Gasteiger charge is -2.21. The Balaban J connectivity index is 1.90. The summed E-state index contributed by atoms with van der Waals surface area (Å²) in [7, 11) is 0. The number of unbranched alkanes of at least 4 members (excludes halogenated alkanes) is 3. The van der Waals surface area contributed by atoms with Crippen molar-refractivity contribution in [1.29, 1.82) is 0 Å². The van der Waals surface area contributed by atoms with E-state index in [1.54, 1.807) is 18.2 Å². The topological polar surface area (TPSA) is 83.0 Å². The van der Waals surface area contributed by atoms with Gasteiger partial charge >= 0.3 is 12.1 Å². The molecule has 0 aliphatic heterocycles. The summed E-state index contributed by atoms with van der Waals surface area (Å²) < 4.78 is 44.4. The first-order valence-corrected chi connectivity index (χ1v) is 12.7. The lowest BCUT2D eigenvalue weighted by Crippen LogP contribution is -2.37. The van der Waals surface area contributed by atoms with E-state index in [0.29, 0.717) is 24.3 Å². The van der Waals surface area contributed by atoms with Crippen LogP contribution < -0.4 is 15.6 Å². The second kappa shape index (κ2) is 14.6. The minimum absolute atomic E-state index is 0.229. The van der Waals surface area contributed by atoms with E-state index in [1.165, 1.54) is 19.9 Å². The Morgan fingerprint density at radius 1 is 1.00 bits per heavy atom. The van der Waals surface area contributed by atoms with Crippen molar-refractivity contribution in [1.82, 2.24) is 10.9 Å². The lowest BCUT2D eigenvalue weighted by molar-refractivity contribution is -0.152. The molecule has 0 atom stereocenters. The molecular weight excluding hydrogens is 483 g/mol. The second-order valence-corrected chi connectivity index (χ2v) is 9.48. The number of benzene rings is 2. The van der Waals surface area contributed by atoms with Gasteiger partial charge in [-0.3, -0.25) is 4.99 Å². The van der Waals surface area contributed by atoms with Crippen LogP contribution in [0.25, 0.3) is 0 Å². The molecule has 0 heterocycles. The van der Waals surface area contributed by atoms with Gasteiger partial charge in [0.15, 0.2) is 5.60 Å². The fourth-order valence-corrected chi connectivity index (χ4v) is 3.56. The number of halogens is 3. The molecular formula is C28H38F3N3O3. The summed E-state index contributed by atoms with van der Waals surface area (Å²) in [6.45, 7) is 6.08. The maximum Gasteiger partial charge on any atom is 0.416 e. The zero-order valence-corrected chi connectivity index (χ0v) is 21.8. The summed E-state index contributed by atoms with van der Waals surface area (Å²) in [5.41, 5.74) is 5.73. The molecule has 2 aromatic carbocycles. The van der Waals surface area contributed by atoms with E-state index < -0.39 is 23.3 Å². The molecule has 0 amide bonds. The first-order valence-electron chi connectivity index (χ1n) is 12.7. The molecule has 0 fully saturated rings. The normalized spacial score (nSPS) is 12.4. The van der Waals surface area contributed by atoms with Crippen LogP contribution in [0.1, 0.15) is 76.0 Å². The zero-order valence-electron chi connectivity index (χ0n) is 21.8. The van der Waals surface area contributed by atoms with Crippen LogP contribution in [-0.2, 0) is 23.9 Å². The number of alkyl halides is 3. The number of hydrazine groups is 1. The number of aryl methyl sites for hydroxylation is 1. The number of ether oxygens (including phenoxy) is 1. The minimum atomic E-state index is -4.37. The zero-order chi connectivity index (χ0) is 27.3. The molecule has 0 saturated heterocycles. The fourth-order valence-electron chi connectivity index (χ4n) is 3.56. The van der Waals surface area contributed by atoms with Crippen molar-refractivity contribution >= 4 is 11.8 Å². The van der Waals surface area contributed by atoms with Gasteiger partial charge in [0.25, 0.3) is 0 Å². The van der Waals surface area contributed by atoms with E-state index in [2.05, 4.69) is 22.8 Å². The van der Waals surface area contributed by atoms with Gasteiger partial charge in [0.1, 0.15) is 11.6 Å². The monoisotopic (exact) mass is 521 g/mol. The van der Waals surface area contributed by atoms with Crippen LogP contribution in [0.5, 0.6) is 5.75 Å². The third kappa shape index (κ3) is 11.2. The molecule has 37 heavy (non-hydrogen) atoms. The van der Waals surface area contributed by atoms with Crippen LogP contribution >= 0.6 is 0 Å². The summed E-state index contributed by atoms with van der Waals surface area (Å²) in [6.07, 6.45) is 2.30. The number of nitrogens with zero attached hydrogens (tertiary/aromatic N) is 1. The molecule has 6 nitrogen and oxygen atoms in total. The summed E-state index contributed by atoms with van der Waals surface area (Å²) in [5, 5.41) is 9.21. The summed E-state index contributed by atoms with van der Waals surface area (Å²) >= 11 is 0. The Morgan fingerprint density at radius 2 is 1.73 bits per heavy atom. The molecule has 0 aliphatic carbocycles. The number of nitrogens with one attached hydrogen (secondary N) is 2. The van der Waals surface area contributed by atoms with Crippen molar-refractivity contribution < 1.29 is 27.8 Å². The van der Waals surface area contributed by atoms with Gasteiger partial charge in [0.05, 0.1) is 5.56 Å². The molecule has 2 aromatic rings. The SMILES string of the molecule is CCCCCCN=C(CCCc1ccc(OC(C)(C)C(=O)O)cc1)NNCc1cccc(C(F)(F)F)c1. The van der Waals surface area contributed by atoms with Crippen LogP contribution in [0, 0.1) is 0 Å². The van der Waals surface area contributed by atoms with Crippen molar-refractivity contribution in [3.8, 4) is 5.75 Å². The minimum Gasteiger partial charge on any atom is -0.478 e. The predicted octanol–water partition coefficient (Wildman–Crippen LogP) is 6.54. The second-order valence-electron chi connectivity index (χ2n) is 9.48. The van der Waals surface area contributed by atoms with Gasteiger partial charge in [-0.2, -0.15) is 13.2 Å². The van der Waals surface area contributed by atoms with Crippen molar-refractivity contribution in [3.63, 3.8) is 0 Å². The van der Waals surface area contributed by atoms with Crippen LogP contribution in [0.15, 0.2) is 53.5 Å². The van der Waals surface area contributed by atoms with Crippen LogP contribution in [0.2, 0.25) is 0 Å². The lowest BCUT2D eigenvalue weighted by atomic mass is 10.1. The Hall–Kier alpha value is -3.07. The van der Waals surface area contributed by atoms with Gasteiger partial charge in [0, 0.05) is 19.5 Å². The first-order chi connectivity index (χ1) is 17.5. The number of aliphatic imine (C=N–C) groups is 1. The maximum absolute atomic E-state index is 13.0. The van der Waals surface area contributed by atoms with Gasteiger partial charge in [-0.1, -0.05) is 56.5 Å². The van der Waals surface area contributed by atoms with Crippen molar-refractivity contribution in [2.75, 3.05) is 6.54 Å². The molecule has 2 rings (SSSR count). The molecule has 204 valence electrons. The molecule has 0 spiro atoms. The van der Waals surface area contributed by atoms with Crippen molar-refractivity contribution in [3.05, 3.63) is 65.2 Å². The number of rotatable bonds is 15. The van der Waals surface area contributed by atoms with Gasteiger partial charge in [0.2, 0.25) is 0 Å². The molecule has 0 unspecified atom stereocenters. The predicted molar refractivity (Wildman–Crippen MR) is 140 cm³/mol. The van der Waals surface area contributed by atoms with E-state index in [0.717, 1.165) is 62.1 Å². The number of carbonyl (C=O) groups is 1. The van der Waals surface area contributed by atoms with Gasteiger partial charge in [-0.15, -0.1) is 0 Å². The number of hydrogen-bond acceptors (Lipinski definition) is 4. The largest absolute Gasteiger partial charge is 0.478 e. The molecule has 0 radical (unpaired) electrons. The number of amidine groups is 1. The van der Waals surface area contributed by atoms with Gasteiger partial charge in [-0.25, -0.2) is 10.2 Å². The molecule has 0 aliphatic rings. The third-order valence-electron chi connectivity index (χ3n) is 5.78. The van der Waals surface area contributed by atoms with E-state index in [9.17, 15) is 23.1 Å². The number of aliphatic carboxylic acids is 1. The molecule has 0 saturated carbocycles. The average molecular weight is 522 g/mol. The number of carboxylic acids is 1. The Labute approximate surface area is 217 Å². The van der Waals surface area contributed by atoms with Crippen LogP contribution in [0.4, 0.5) is 13.2 Å². The number of hydrogen-bond donors (Lipinski definition) is 3. The molecule has 9 heteroatoms. The highest BCUT2D eigenvalue weighted by Crippen LogP contribution is 2.29. The highest BCUT2D eigenvalue weighted by Gasteiger charge is 2.30. The molecule has 3 N–H and O–H groups in total.